The predicted molar refractivity (Wildman–Crippen MR) is 97.4 cm³/mol. The Labute approximate surface area is 148 Å². The van der Waals surface area contributed by atoms with E-state index in [-0.39, 0.29) is 5.41 Å². The number of imidazole rings is 1. The minimum Gasteiger partial charge on any atom is -0.310 e. The zero-order valence-electron chi connectivity index (χ0n) is 14.8. The maximum absolute atomic E-state index is 12.1. The lowest BCUT2D eigenvalue weighted by Gasteiger charge is -2.28. The molecule has 0 atom stereocenters. The molecule has 0 N–H and O–H groups in total. The van der Waals surface area contributed by atoms with Crippen LogP contribution in [0.5, 0.6) is 0 Å². The fourth-order valence-electron chi connectivity index (χ4n) is 3.33. The van der Waals surface area contributed by atoms with Gasteiger partial charge in [-0.15, -0.1) is 0 Å². The highest BCUT2D eigenvalue weighted by molar-refractivity contribution is 6.29. The Hall–Kier alpha value is -1.42. The molecule has 0 amide bonds. The molecule has 4 nitrogen and oxygen atoms in total. The van der Waals surface area contributed by atoms with Crippen molar-refractivity contribution in [2.45, 2.75) is 71.8 Å². The second-order valence-corrected chi connectivity index (χ2v) is 8.48. The number of aryl methyl sites for hydroxylation is 1. The third kappa shape index (κ3) is 3.97. The molecule has 0 unspecified atom stereocenters. The van der Waals surface area contributed by atoms with E-state index in [1.54, 1.807) is 6.07 Å². The first-order valence-electron chi connectivity index (χ1n) is 8.88. The van der Waals surface area contributed by atoms with Crippen LogP contribution in [0, 0.1) is 5.41 Å². The van der Waals surface area contributed by atoms with E-state index in [2.05, 4.69) is 30.3 Å². The summed E-state index contributed by atoms with van der Waals surface area (Å²) in [6.45, 7) is 6.32. The zero-order chi connectivity index (χ0) is 17.3. The van der Waals surface area contributed by atoms with Crippen molar-refractivity contribution in [2.75, 3.05) is 0 Å². The summed E-state index contributed by atoms with van der Waals surface area (Å²) in [7, 11) is 0. The Kier molecular flexibility index (Phi) is 4.95. The molecule has 0 radical (unpaired) electrons. The normalized spacial score (nSPS) is 15.7. The Morgan fingerprint density at radius 1 is 1.29 bits per heavy atom. The summed E-state index contributed by atoms with van der Waals surface area (Å²) in [5, 5.41) is 0.509. The van der Waals surface area contributed by atoms with Crippen molar-refractivity contribution < 1.29 is 4.79 Å². The van der Waals surface area contributed by atoms with Gasteiger partial charge in [0.25, 0.3) is 0 Å². The molecule has 0 spiro atoms. The molecule has 3 rings (SSSR count). The number of aromatic nitrogens is 3. The van der Waals surface area contributed by atoms with E-state index in [4.69, 9.17) is 16.6 Å². The number of hydrogen-bond donors (Lipinski definition) is 0. The van der Waals surface area contributed by atoms with Gasteiger partial charge in [0.2, 0.25) is 0 Å². The topological polar surface area (TPSA) is 47.8 Å². The van der Waals surface area contributed by atoms with Crippen LogP contribution in [0.4, 0.5) is 0 Å². The Morgan fingerprint density at radius 3 is 2.67 bits per heavy atom. The average Bonchev–Trinajstić information content (AvgIpc) is 2.73. The second-order valence-electron chi connectivity index (χ2n) is 8.09. The maximum Gasteiger partial charge on any atom is 0.161 e. The van der Waals surface area contributed by atoms with Crippen LogP contribution in [0.3, 0.4) is 0 Å². The standard InChI is InChI=1S/C19H26ClN3O/c1-19(2,3)12-14(24)8-5-9-17-21-15-10-11-16(20)22-18(15)23(17)13-6-4-7-13/h10-11,13H,4-9,12H2,1-3H3. The van der Waals surface area contributed by atoms with Crippen molar-refractivity contribution in [3.8, 4) is 0 Å². The van der Waals surface area contributed by atoms with Gasteiger partial charge in [-0.05, 0) is 43.2 Å². The van der Waals surface area contributed by atoms with Gasteiger partial charge < -0.3 is 4.57 Å². The van der Waals surface area contributed by atoms with Gasteiger partial charge in [-0.25, -0.2) is 9.97 Å². The van der Waals surface area contributed by atoms with Crippen molar-refractivity contribution in [3.05, 3.63) is 23.1 Å². The predicted octanol–water partition coefficient (Wildman–Crippen LogP) is 5.14. The monoisotopic (exact) mass is 347 g/mol. The fraction of sp³-hybridized carbons (Fsp3) is 0.632. The Bertz CT molecular complexity index is 741. The van der Waals surface area contributed by atoms with Crippen molar-refractivity contribution in [1.29, 1.82) is 0 Å². The van der Waals surface area contributed by atoms with Gasteiger partial charge in [0, 0.05) is 25.3 Å². The van der Waals surface area contributed by atoms with Crippen LogP contribution in [0.2, 0.25) is 5.15 Å². The molecule has 1 fully saturated rings. The van der Waals surface area contributed by atoms with E-state index < -0.39 is 0 Å². The van der Waals surface area contributed by atoms with Gasteiger partial charge in [0.05, 0.1) is 0 Å². The molecule has 0 aromatic carbocycles. The molecule has 2 aromatic heterocycles. The number of halogens is 1. The molecule has 2 heterocycles. The van der Waals surface area contributed by atoms with Gasteiger partial charge in [-0.1, -0.05) is 32.4 Å². The highest BCUT2D eigenvalue weighted by atomic mass is 35.5. The number of nitrogens with zero attached hydrogens (tertiary/aromatic N) is 3. The number of ketones is 1. The quantitative estimate of drug-likeness (QED) is 0.680. The third-order valence-electron chi connectivity index (χ3n) is 4.60. The van der Waals surface area contributed by atoms with E-state index in [1.165, 1.54) is 19.3 Å². The van der Waals surface area contributed by atoms with E-state index in [9.17, 15) is 4.79 Å². The van der Waals surface area contributed by atoms with E-state index in [1.807, 2.05) is 6.07 Å². The molecular weight excluding hydrogens is 322 g/mol. The van der Waals surface area contributed by atoms with Crippen LogP contribution in [0.15, 0.2) is 12.1 Å². The van der Waals surface area contributed by atoms with Gasteiger partial charge in [-0.2, -0.15) is 0 Å². The number of Topliss-reactive ketones (excluding diaryl/α,β-unsaturated/α-hetero) is 1. The highest BCUT2D eigenvalue weighted by Gasteiger charge is 2.25. The van der Waals surface area contributed by atoms with E-state index in [0.717, 1.165) is 29.8 Å². The smallest absolute Gasteiger partial charge is 0.161 e. The van der Waals surface area contributed by atoms with Crippen molar-refractivity contribution in [2.24, 2.45) is 5.41 Å². The lowest BCUT2D eigenvalue weighted by molar-refractivity contribution is -0.120. The van der Waals surface area contributed by atoms with Gasteiger partial charge in [0.15, 0.2) is 5.65 Å². The van der Waals surface area contributed by atoms with Gasteiger partial charge >= 0.3 is 0 Å². The summed E-state index contributed by atoms with van der Waals surface area (Å²) in [6, 6.07) is 4.22. The molecule has 1 aliphatic rings. The van der Waals surface area contributed by atoms with Crippen LogP contribution in [0.25, 0.3) is 11.2 Å². The lowest BCUT2D eigenvalue weighted by atomic mass is 9.88. The SMILES string of the molecule is CC(C)(C)CC(=O)CCCc1nc2ccc(Cl)nc2n1C1CCC1. The summed E-state index contributed by atoms with van der Waals surface area (Å²) >= 11 is 6.08. The largest absolute Gasteiger partial charge is 0.310 e. The molecule has 1 aliphatic carbocycles. The molecule has 0 aliphatic heterocycles. The first-order valence-corrected chi connectivity index (χ1v) is 9.26. The fourth-order valence-corrected chi connectivity index (χ4v) is 3.47. The number of fused-ring (bicyclic) bond motifs is 1. The van der Waals surface area contributed by atoms with Crippen LogP contribution >= 0.6 is 11.6 Å². The first-order chi connectivity index (χ1) is 11.3. The highest BCUT2D eigenvalue weighted by Crippen LogP contribution is 2.35. The van der Waals surface area contributed by atoms with E-state index in [0.29, 0.717) is 29.8 Å². The summed E-state index contributed by atoms with van der Waals surface area (Å²) in [4.78, 5) is 21.3. The Morgan fingerprint density at radius 2 is 2.04 bits per heavy atom. The minimum absolute atomic E-state index is 0.0663. The molecule has 0 bridgehead atoms. The molecule has 5 heteroatoms. The van der Waals surface area contributed by atoms with Gasteiger partial charge in [0.1, 0.15) is 22.3 Å². The second kappa shape index (κ2) is 6.83. The van der Waals surface area contributed by atoms with Crippen LogP contribution in [-0.2, 0) is 11.2 Å². The number of pyridine rings is 1. The molecule has 130 valence electrons. The number of carbonyl (C=O) groups is 1. The summed E-state index contributed by atoms with van der Waals surface area (Å²) in [6.07, 6.45) is 6.54. The summed E-state index contributed by atoms with van der Waals surface area (Å²) in [5.41, 5.74) is 1.86. The number of hydrogen-bond acceptors (Lipinski definition) is 3. The minimum atomic E-state index is 0.0663. The van der Waals surface area contributed by atoms with Crippen molar-refractivity contribution in [1.82, 2.24) is 14.5 Å². The summed E-state index contributed by atoms with van der Waals surface area (Å²) < 4.78 is 2.26. The molecule has 2 aromatic rings. The van der Waals surface area contributed by atoms with Crippen LogP contribution in [0.1, 0.15) is 71.2 Å². The van der Waals surface area contributed by atoms with Crippen molar-refractivity contribution >= 4 is 28.5 Å². The first kappa shape index (κ1) is 17.4. The molecule has 24 heavy (non-hydrogen) atoms. The molecule has 0 saturated heterocycles. The zero-order valence-corrected chi connectivity index (χ0v) is 15.6. The summed E-state index contributed by atoms with van der Waals surface area (Å²) in [5.74, 6) is 1.39. The number of carbonyl (C=O) groups excluding carboxylic acids is 1. The van der Waals surface area contributed by atoms with Gasteiger partial charge in [-0.3, -0.25) is 4.79 Å². The lowest BCUT2D eigenvalue weighted by Crippen LogP contribution is -2.20. The number of rotatable bonds is 6. The van der Waals surface area contributed by atoms with Crippen LogP contribution < -0.4 is 0 Å². The molecule has 1 saturated carbocycles. The molecular formula is C19H26ClN3O. The van der Waals surface area contributed by atoms with Crippen LogP contribution in [-0.4, -0.2) is 20.3 Å². The third-order valence-corrected chi connectivity index (χ3v) is 4.81. The average molecular weight is 348 g/mol. The van der Waals surface area contributed by atoms with Crippen molar-refractivity contribution in [3.63, 3.8) is 0 Å². The maximum atomic E-state index is 12.1. The van der Waals surface area contributed by atoms with E-state index >= 15 is 0 Å². The Balaban J connectivity index is 1.73.